The van der Waals surface area contributed by atoms with Crippen LogP contribution in [0.1, 0.15) is 27.7 Å². The standard InChI is InChI=1S/2C10H18O9.C2H6/c2*1-4(11)2-17-9-8(14)7(13)6(12)5(19-9)3-18-10(15)16;1-2/h2*4-9,11-14H,2-3H2,1H3,(H,15,16);1-2H3/t2*4?,5-,6-,7+,8-,9?;/m11./s1. The lowest BCUT2D eigenvalue weighted by molar-refractivity contribution is -0.304. The molecule has 2 fully saturated rings. The van der Waals surface area contributed by atoms with Crippen LogP contribution >= 0.6 is 0 Å². The van der Waals surface area contributed by atoms with E-state index >= 15 is 0 Å². The summed E-state index contributed by atoms with van der Waals surface area (Å²) in [6, 6.07) is 0. The molecule has 18 heteroatoms. The van der Waals surface area contributed by atoms with Gasteiger partial charge in [0.1, 0.15) is 62.0 Å². The molecular weight excluding hydrogens is 552 g/mol. The summed E-state index contributed by atoms with van der Waals surface area (Å²) < 4.78 is 28.7. The molecule has 0 aromatic rings. The van der Waals surface area contributed by atoms with Crippen molar-refractivity contribution in [2.45, 2.75) is 101 Å². The van der Waals surface area contributed by atoms with Crippen LogP contribution in [0.5, 0.6) is 0 Å². The molecule has 0 aromatic carbocycles. The van der Waals surface area contributed by atoms with E-state index in [4.69, 9.17) is 39.4 Å². The lowest BCUT2D eigenvalue weighted by atomic mass is 9.99. The van der Waals surface area contributed by atoms with Gasteiger partial charge in [0.05, 0.1) is 25.4 Å². The highest BCUT2D eigenvalue weighted by atomic mass is 16.7. The van der Waals surface area contributed by atoms with Crippen molar-refractivity contribution in [3.8, 4) is 0 Å². The molecule has 2 saturated heterocycles. The van der Waals surface area contributed by atoms with Crippen LogP contribution in [0.2, 0.25) is 0 Å². The van der Waals surface area contributed by atoms with E-state index in [0.717, 1.165) is 0 Å². The summed E-state index contributed by atoms with van der Waals surface area (Å²) >= 11 is 0. The largest absolute Gasteiger partial charge is 0.505 e. The topological polar surface area (TPSA) is 292 Å². The molecular formula is C22H42O18. The van der Waals surface area contributed by atoms with Gasteiger partial charge in [0.25, 0.3) is 0 Å². The monoisotopic (exact) mass is 594 g/mol. The minimum Gasteiger partial charge on any atom is -0.450 e. The average molecular weight is 595 g/mol. The Labute approximate surface area is 229 Å². The molecule has 18 nitrogen and oxygen atoms in total. The summed E-state index contributed by atoms with van der Waals surface area (Å²) in [5, 5.41) is 92.4. The molecule has 0 aliphatic carbocycles. The van der Waals surface area contributed by atoms with Gasteiger partial charge in [-0.2, -0.15) is 0 Å². The van der Waals surface area contributed by atoms with Crippen molar-refractivity contribution in [3.05, 3.63) is 0 Å². The van der Waals surface area contributed by atoms with Crippen LogP contribution in [0, 0.1) is 0 Å². The smallest absolute Gasteiger partial charge is 0.450 e. The zero-order valence-corrected chi connectivity index (χ0v) is 22.5. The van der Waals surface area contributed by atoms with Crippen molar-refractivity contribution in [1.29, 1.82) is 0 Å². The lowest BCUT2D eigenvalue weighted by Crippen LogP contribution is -2.59. The van der Waals surface area contributed by atoms with Crippen LogP contribution in [0.15, 0.2) is 0 Å². The van der Waals surface area contributed by atoms with Crippen molar-refractivity contribution < 1.29 is 89.1 Å². The SMILES string of the molecule is CC.CC(O)COC1O[C@H](COC(=O)O)[C@@H](O)[C@H](O)[C@H]1O.CC(O)COC1O[C@H](COC(=O)O)[C@@H](O)[C@H](O)[C@H]1O. The van der Waals surface area contributed by atoms with Crippen LogP contribution in [-0.4, -0.2) is 163 Å². The fourth-order valence-electron chi connectivity index (χ4n) is 3.16. The molecule has 10 N–H and O–H groups in total. The summed E-state index contributed by atoms with van der Waals surface area (Å²) in [4.78, 5) is 20.5. The summed E-state index contributed by atoms with van der Waals surface area (Å²) in [6.07, 6.45) is -18.9. The van der Waals surface area contributed by atoms with Crippen molar-refractivity contribution in [1.82, 2.24) is 0 Å². The molecule has 238 valence electrons. The Bertz CT molecular complexity index is 649. The van der Waals surface area contributed by atoms with E-state index < -0.39 is 99.1 Å². The zero-order chi connectivity index (χ0) is 31.2. The third kappa shape index (κ3) is 13.1. The molecule has 2 heterocycles. The maximum absolute atomic E-state index is 10.3. The maximum Gasteiger partial charge on any atom is 0.505 e. The first kappa shape index (κ1) is 38.1. The molecule has 2 aliphatic heterocycles. The molecule has 0 radical (unpaired) electrons. The van der Waals surface area contributed by atoms with Crippen molar-refractivity contribution in [2.24, 2.45) is 0 Å². The number of carboxylic acid groups (broad SMARTS) is 2. The Hall–Kier alpha value is -1.94. The van der Waals surface area contributed by atoms with Gasteiger partial charge < -0.3 is 79.5 Å². The van der Waals surface area contributed by atoms with Gasteiger partial charge in [-0.3, -0.25) is 0 Å². The summed E-state index contributed by atoms with van der Waals surface area (Å²) in [5.41, 5.74) is 0. The van der Waals surface area contributed by atoms with E-state index in [-0.39, 0.29) is 13.2 Å². The number of hydrogen-bond acceptors (Lipinski definition) is 16. The highest BCUT2D eigenvalue weighted by molar-refractivity contribution is 5.57. The maximum atomic E-state index is 10.3. The molecule has 0 aromatic heterocycles. The molecule has 0 amide bonds. The first-order valence-electron chi connectivity index (χ1n) is 12.4. The summed E-state index contributed by atoms with van der Waals surface area (Å²) in [6.45, 7) is 5.55. The normalized spacial score (nSPS) is 35.1. The molecule has 2 rings (SSSR count). The van der Waals surface area contributed by atoms with Crippen molar-refractivity contribution >= 4 is 12.3 Å². The van der Waals surface area contributed by atoms with Crippen LogP contribution in [0.3, 0.4) is 0 Å². The fraction of sp³-hybridized carbons (Fsp3) is 0.909. The van der Waals surface area contributed by atoms with Gasteiger partial charge >= 0.3 is 12.3 Å². The van der Waals surface area contributed by atoms with Crippen LogP contribution in [0.25, 0.3) is 0 Å². The fourth-order valence-corrected chi connectivity index (χ4v) is 3.16. The average Bonchev–Trinajstić information content (AvgIpc) is 2.89. The molecule has 40 heavy (non-hydrogen) atoms. The number of aliphatic hydroxyl groups is 8. The minimum atomic E-state index is -1.57. The second-order valence-corrected chi connectivity index (χ2v) is 8.55. The summed E-state index contributed by atoms with van der Waals surface area (Å²) in [7, 11) is 0. The number of hydrogen-bond donors (Lipinski definition) is 10. The van der Waals surface area contributed by atoms with Gasteiger partial charge in [-0.25, -0.2) is 9.59 Å². The Morgan fingerprint density at radius 2 is 0.925 bits per heavy atom. The van der Waals surface area contributed by atoms with Gasteiger partial charge in [-0.05, 0) is 13.8 Å². The van der Waals surface area contributed by atoms with Gasteiger partial charge in [0.2, 0.25) is 0 Å². The van der Waals surface area contributed by atoms with Gasteiger partial charge in [-0.15, -0.1) is 0 Å². The molecule has 12 atom stereocenters. The molecule has 4 unspecified atom stereocenters. The highest BCUT2D eigenvalue weighted by Gasteiger charge is 2.46. The first-order chi connectivity index (χ1) is 18.6. The Morgan fingerprint density at radius 3 is 1.18 bits per heavy atom. The number of carbonyl (C=O) groups is 2. The van der Waals surface area contributed by atoms with E-state index in [1.807, 2.05) is 13.8 Å². The second kappa shape index (κ2) is 19.2. The molecule has 0 bridgehead atoms. The third-order valence-corrected chi connectivity index (χ3v) is 5.08. The van der Waals surface area contributed by atoms with Crippen molar-refractivity contribution in [2.75, 3.05) is 26.4 Å². The first-order valence-corrected chi connectivity index (χ1v) is 12.4. The van der Waals surface area contributed by atoms with Gasteiger partial charge in [0.15, 0.2) is 12.6 Å². The van der Waals surface area contributed by atoms with Crippen LogP contribution < -0.4 is 0 Å². The lowest BCUT2D eigenvalue weighted by Gasteiger charge is -2.39. The van der Waals surface area contributed by atoms with Crippen LogP contribution in [-0.2, 0) is 28.4 Å². The van der Waals surface area contributed by atoms with E-state index in [2.05, 4.69) is 9.47 Å². The number of rotatable bonds is 10. The van der Waals surface area contributed by atoms with Gasteiger partial charge in [0, 0.05) is 0 Å². The van der Waals surface area contributed by atoms with E-state index in [9.17, 15) is 40.2 Å². The van der Waals surface area contributed by atoms with E-state index in [1.165, 1.54) is 13.8 Å². The predicted molar refractivity (Wildman–Crippen MR) is 128 cm³/mol. The zero-order valence-electron chi connectivity index (χ0n) is 22.5. The minimum absolute atomic E-state index is 0.156. The Morgan fingerprint density at radius 1 is 0.625 bits per heavy atom. The predicted octanol–water partition coefficient (Wildman–Crippen LogP) is -3.20. The van der Waals surface area contributed by atoms with E-state index in [1.54, 1.807) is 0 Å². The van der Waals surface area contributed by atoms with E-state index in [0.29, 0.717) is 0 Å². The molecule has 0 saturated carbocycles. The second-order valence-electron chi connectivity index (χ2n) is 8.55. The van der Waals surface area contributed by atoms with Crippen molar-refractivity contribution in [3.63, 3.8) is 0 Å². The Kier molecular flexibility index (Phi) is 18.3. The molecule has 0 spiro atoms. The number of ether oxygens (including phenoxy) is 6. The third-order valence-electron chi connectivity index (χ3n) is 5.08. The molecule has 2 aliphatic rings. The quantitative estimate of drug-likeness (QED) is 0.111. The summed E-state index contributed by atoms with van der Waals surface area (Å²) in [5.74, 6) is 0. The Balaban J connectivity index is 0.000000716. The van der Waals surface area contributed by atoms with Gasteiger partial charge in [-0.1, -0.05) is 13.8 Å². The van der Waals surface area contributed by atoms with Crippen LogP contribution in [0.4, 0.5) is 9.59 Å². The highest BCUT2D eigenvalue weighted by Crippen LogP contribution is 2.23. The number of aliphatic hydroxyl groups excluding tert-OH is 8.